The molecule has 0 amide bonds. The van der Waals surface area contributed by atoms with Gasteiger partial charge in [-0.05, 0) is 50.0 Å². The van der Waals surface area contributed by atoms with Crippen molar-refractivity contribution in [3.8, 4) is 16.9 Å². The number of rotatable bonds is 2. The molecule has 0 unspecified atom stereocenters. The van der Waals surface area contributed by atoms with E-state index in [2.05, 4.69) is 78.9 Å². The summed E-state index contributed by atoms with van der Waals surface area (Å²) in [5.41, 5.74) is 2.30. The second-order valence-corrected chi connectivity index (χ2v) is 6.55. The van der Waals surface area contributed by atoms with Crippen LogP contribution in [0.15, 0.2) is 91.0 Å². The van der Waals surface area contributed by atoms with Gasteiger partial charge in [-0.1, -0.05) is 78.9 Å². The highest BCUT2D eigenvalue weighted by molar-refractivity contribution is 6.25. The molecule has 5 aromatic rings. The van der Waals surface area contributed by atoms with Crippen molar-refractivity contribution in [2.45, 2.75) is 0 Å². The van der Waals surface area contributed by atoms with Crippen LogP contribution in [0.4, 0.5) is 0 Å². The van der Waals surface area contributed by atoms with E-state index in [1.807, 2.05) is 12.1 Å². The molecule has 0 aliphatic heterocycles. The fourth-order valence-electron chi connectivity index (χ4n) is 3.96. The van der Waals surface area contributed by atoms with Crippen LogP contribution in [0.5, 0.6) is 5.75 Å². The second-order valence-electron chi connectivity index (χ2n) is 6.55. The fourth-order valence-corrected chi connectivity index (χ4v) is 3.96. The lowest BCUT2D eigenvalue weighted by atomic mass is 9.92. The van der Waals surface area contributed by atoms with Crippen molar-refractivity contribution in [3.05, 3.63) is 91.0 Å². The molecule has 0 atom stereocenters. The van der Waals surface area contributed by atoms with Gasteiger partial charge in [-0.15, -0.1) is 0 Å². The van der Waals surface area contributed by atoms with E-state index in [9.17, 15) is 0 Å². The highest BCUT2D eigenvalue weighted by atomic mass is 16.5. The maximum absolute atomic E-state index is 5.57. The van der Waals surface area contributed by atoms with Gasteiger partial charge >= 0.3 is 0 Å². The summed E-state index contributed by atoms with van der Waals surface area (Å²) in [6.45, 7) is 0. The van der Waals surface area contributed by atoms with Gasteiger partial charge in [0.2, 0.25) is 0 Å². The van der Waals surface area contributed by atoms with Crippen molar-refractivity contribution < 1.29 is 4.74 Å². The molecule has 0 saturated carbocycles. The molecule has 26 heavy (non-hydrogen) atoms. The van der Waals surface area contributed by atoms with E-state index >= 15 is 0 Å². The molecule has 0 aliphatic rings. The molecule has 0 spiro atoms. The van der Waals surface area contributed by atoms with Crippen LogP contribution >= 0.6 is 0 Å². The summed E-state index contributed by atoms with van der Waals surface area (Å²) in [5, 5.41) is 7.76. The van der Waals surface area contributed by atoms with Gasteiger partial charge < -0.3 is 4.74 Å². The Balaban J connectivity index is 1.92. The van der Waals surface area contributed by atoms with Crippen LogP contribution < -0.4 is 4.74 Å². The van der Waals surface area contributed by atoms with Gasteiger partial charge in [0.15, 0.2) is 0 Å². The summed E-state index contributed by atoms with van der Waals surface area (Å²) in [6, 6.07) is 32.2. The van der Waals surface area contributed by atoms with E-state index in [1.165, 1.54) is 37.9 Å². The Morgan fingerprint density at radius 1 is 0.500 bits per heavy atom. The van der Waals surface area contributed by atoms with Gasteiger partial charge in [0.25, 0.3) is 0 Å². The van der Waals surface area contributed by atoms with Gasteiger partial charge in [-0.3, -0.25) is 0 Å². The first-order valence-electron chi connectivity index (χ1n) is 8.83. The smallest absolute Gasteiger partial charge is 0.126 e. The average molecular weight is 334 g/mol. The number of fused-ring (bicyclic) bond motifs is 6. The van der Waals surface area contributed by atoms with E-state index in [1.54, 1.807) is 7.11 Å². The summed E-state index contributed by atoms with van der Waals surface area (Å²) in [7, 11) is 1.72. The largest absolute Gasteiger partial charge is 0.496 e. The molecule has 1 heteroatoms. The van der Waals surface area contributed by atoms with E-state index in [4.69, 9.17) is 4.74 Å². The number of hydrogen-bond donors (Lipinski definition) is 0. The standard InChI is InChI=1S/C25H18O/c1-26-25-13-7-6-8-18(25)17-14-15-23-21-11-3-2-9-19(21)20-10-4-5-12-22(20)24(23)16-17/h2-16H,1H3. The molecule has 0 fully saturated rings. The minimum atomic E-state index is 0.900. The van der Waals surface area contributed by atoms with Crippen LogP contribution in [0.25, 0.3) is 43.4 Å². The number of para-hydroxylation sites is 1. The van der Waals surface area contributed by atoms with Gasteiger partial charge in [0.1, 0.15) is 5.75 Å². The summed E-state index contributed by atoms with van der Waals surface area (Å²) in [6.07, 6.45) is 0. The van der Waals surface area contributed by atoms with Crippen molar-refractivity contribution in [1.29, 1.82) is 0 Å². The molecule has 1 nitrogen and oxygen atoms in total. The molecule has 0 heterocycles. The number of hydrogen-bond acceptors (Lipinski definition) is 1. The van der Waals surface area contributed by atoms with Crippen LogP contribution in [0, 0.1) is 0 Å². The molecule has 124 valence electrons. The maximum Gasteiger partial charge on any atom is 0.126 e. The molecule has 5 aromatic carbocycles. The highest BCUT2D eigenvalue weighted by Gasteiger charge is 2.11. The Kier molecular flexibility index (Phi) is 3.39. The Morgan fingerprint density at radius 3 is 1.62 bits per heavy atom. The third-order valence-corrected chi connectivity index (χ3v) is 5.16. The number of methoxy groups -OCH3 is 1. The van der Waals surface area contributed by atoms with Crippen molar-refractivity contribution in [2.24, 2.45) is 0 Å². The topological polar surface area (TPSA) is 9.23 Å². The predicted octanol–water partition coefficient (Wildman–Crippen LogP) is 6.82. The Bertz CT molecular complexity index is 1230. The summed E-state index contributed by atoms with van der Waals surface area (Å²) >= 11 is 0. The molecule has 0 aliphatic carbocycles. The molecule has 0 saturated heterocycles. The Labute approximate surface area is 152 Å². The SMILES string of the molecule is COc1ccccc1-c1ccc2c3ccccc3c3ccccc3c2c1. The van der Waals surface area contributed by atoms with Crippen molar-refractivity contribution >= 4 is 32.3 Å². The minimum absolute atomic E-state index is 0.900. The lowest BCUT2D eigenvalue weighted by Crippen LogP contribution is -1.88. The fraction of sp³-hybridized carbons (Fsp3) is 0.0400. The molecular formula is C25H18O. The van der Waals surface area contributed by atoms with E-state index in [0.29, 0.717) is 0 Å². The van der Waals surface area contributed by atoms with E-state index in [-0.39, 0.29) is 0 Å². The quantitative estimate of drug-likeness (QED) is 0.322. The molecular weight excluding hydrogens is 316 g/mol. The van der Waals surface area contributed by atoms with Gasteiger partial charge in [0, 0.05) is 5.56 Å². The summed E-state index contributed by atoms with van der Waals surface area (Å²) in [4.78, 5) is 0. The highest BCUT2D eigenvalue weighted by Crippen LogP contribution is 2.38. The van der Waals surface area contributed by atoms with Crippen LogP contribution in [0.1, 0.15) is 0 Å². The minimum Gasteiger partial charge on any atom is -0.496 e. The molecule has 0 aromatic heterocycles. The van der Waals surface area contributed by atoms with Gasteiger partial charge in [0.05, 0.1) is 7.11 Å². The summed E-state index contributed by atoms with van der Waals surface area (Å²) < 4.78 is 5.57. The first-order valence-corrected chi connectivity index (χ1v) is 8.83. The Hall–Kier alpha value is -3.32. The second kappa shape index (κ2) is 5.89. The third kappa shape index (κ3) is 2.18. The Morgan fingerprint density at radius 2 is 1.00 bits per heavy atom. The van der Waals surface area contributed by atoms with Gasteiger partial charge in [-0.25, -0.2) is 0 Å². The van der Waals surface area contributed by atoms with Crippen molar-refractivity contribution in [2.75, 3.05) is 7.11 Å². The molecule has 5 rings (SSSR count). The maximum atomic E-state index is 5.57. The average Bonchev–Trinajstić information content (AvgIpc) is 2.73. The van der Waals surface area contributed by atoms with Crippen LogP contribution in [0.2, 0.25) is 0 Å². The first-order chi connectivity index (χ1) is 12.9. The normalized spacial score (nSPS) is 11.3. The van der Waals surface area contributed by atoms with Crippen LogP contribution in [-0.4, -0.2) is 7.11 Å². The number of ether oxygens (including phenoxy) is 1. The first kappa shape index (κ1) is 15.0. The van der Waals surface area contributed by atoms with Crippen LogP contribution in [-0.2, 0) is 0 Å². The van der Waals surface area contributed by atoms with Crippen molar-refractivity contribution in [3.63, 3.8) is 0 Å². The van der Waals surface area contributed by atoms with E-state index in [0.717, 1.165) is 11.3 Å². The predicted molar refractivity (Wildman–Crippen MR) is 111 cm³/mol. The lowest BCUT2D eigenvalue weighted by Gasteiger charge is -2.13. The van der Waals surface area contributed by atoms with E-state index < -0.39 is 0 Å². The monoisotopic (exact) mass is 334 g/mol. The summed E-state index contributed by atoms with van der Waals surface area (Å²) in [5.74, 6) is 0.900. The molecule has 0 radical (unpaired) electrons. The lowest BCUT2D eigenvalue weighted by molar-refractivity contribution is 0.416. The molecule has 0 bridgehead atoms. The number of benzene rings is 5. The van der Waals surface area contributed by atoms with Crippen molar-refractivity contribution in [1.82, 2.24) is 0 Å². The zero-order valence-electron chi connectivity index (χ0n) is 14.6. The third-order valence-electron chi connectivity index (χ3n) is 5.16. The zero-order chi connectivity index (χ0) is 17.5. The molecule has 0 N–H and O–H groups in total. The van der Waals surface area contributed by atoms with Crippen LogP contribution in [0.3, 0.4) is 0 Å². The van der Waals surface area contributed by atoms with Gasteiger partial charge in [-0.2, -0.15) is 0 Å². The zero-order valence-corrected chi connectivity index (χ0v) is 14.6.